The zero-order valence-corrected chi connectivity index (χ0v) is 16.0. The quantitative estimate of drug-likeness (QED) is 0.554. The van der Waals surface area contributed by atoms with Crippen LogP contribution in [0.15, 0.2) is 23.4 Å². The summed E-state index contributed by atoms with van der Waals surface area (Å²) in [6, 6.07) is 5.67. The molecule has 0 atom stereocenters. The smallest absolute Gasteiger partial charge is 0.222 e. The molecule has 3 heterocycles. The molecule has 144 valence electrons. The fourth-order valence-electron chi connectivity index (χ4n) is 3.28. The third-order valence-corrected chi connectivity index (χ3v) is 5.69. The first-order chi connectivity index (χ1) is 13.3. The van der Waals surface area contributed by atoms with Gasteiger partial charge in [0.2, 0.25) is 11.1 Å². The van der Waals surface area contributed by atoms with Crippen LogP contribution in [0.25, 0.3) is 5.69 Å². The van der Waals surface area contributed by atoms with Gasteiger partial charge < -0.3 is 14.4 Å². The second-order valence-electron chi connectivity index (χ2n) is 6.59. The highest BCUT2D eigenvalue weighted by atomic mass is 32.2. The second kappa shape index (κ2) is 8.60. The lowest BCUT2D eigenvalue weighted by molar-refractivity contribution is -0.132. The van der Waals surface area contributed by atoms with Crippen LogP contribution in [0, 0.1) is 0 Å². The van der Waals surface area contributed by atoms with E-state index in [4.69, 9.17) is 9.47 Å². The SMILES string of the molecule is O=C(CCCSc1nnnn1-c1ccc2c(c1)OCCO2)N1CCCCC1. The predicted octanol–water partition coefficient (Wildman–Crippen LogP) is 2.32. The Bertz CT molecular complexity index is 791. The van der Waals surface area contributed by atoms with Crippen molar-refractivity contribution in [1.82, 2.24) is 25.1 Å². The van der Waals surface area contributed by atoms with Gasteiger partial charge >= 0.3 is 0 Å². The van der Waals surface area contributed by atoms with Crippen molar-refractivity contribution in [3.8, 4) is 17.2 Å². The van der Waals surface area contributed by atoms with Crippen LogP contribution in [0.5, 0.6) is 11.5 Å². The number of fused-ring (bicyclic) bond motifs is 1. The van der Waals surface area contributed by atoms with Crippen molar-refractivity contribution in [2.45, 2.75) is 37.3 Å². The van der Waals surface area contributed by atoms with E-state index in [0.29, 0.717) is 30.5 Å². The lowest BCUT2D eigenvalue weighted by Crippen LogP contribution is -2.35. The zero-order valence-electron chi connectivity index (χ0n) is 15.2. The molecule has 1 amide bonds. The number of carbonyl (C=O) groups is 1. The van der Waals surface area contributed by atoms with Crippen LogP contribution < -0.4 is 9.47 Å². The Labute approximate surface area is 162 Å². The maximum Gasteiger partial charge on any atom is 0.222 e. The Morgan fingerprint density at radius 1 is 1.11 bits per heavy atom. The molecule has 8 nitrogen and oxygen atoms in total. The summed E-state index contributed by atoms with van der Waals surface area (Å²) < 4.78 is 12.9. The molecule has 27 heavy (non-hydrogen) atoms. The summed E-state index contributed by atoms with van der Waals surface area (Å²) in [5.41, 5.74) is 0.830. The molecule has 0 radical (unpaired) electrons. The summed E-state index contributed by atoms with van der Waals surface area (Å²) in [5, 5.41) is 12.7. The normalized spacial score (nSPS) is 16.4. The van der Waals surface area contributed by atoms with Crippen LogP contribution in [0.2, 0.25) is 0 Å². The monoisotopic (exact) mass is 389 g/mol. The highest BCUT2D eigenvalue weighted by Gasteiger charge is 2.17. The van der Waals surface area contributed by atoms with Gasteiger partial charge in [-0.1, -0.05) is 11.8 Å². The number of hydrogen-bond donors (Lipinski definition) is 0. The number of ether oxygens (including phenoxy) is 2. The van der Waals surface area contributed by atoms with Gasteiger partial charge in [0.25, 0.3) is 0 Å². The average Bonchev–Trinajstić information content (AvgIpc) is 3.20. The number of hydrogen-bond acceptors (Lipinski definition) is 7. The maximum atomic E-state index is 12.2. The van der Waals surface area contributed by atoms with Gasteiger partial charge in [-0.2, -0.15) is 4.68 Å². The number of piperidine rings is 1. The molecule has 9 heteroatoms. The first-order valence-electron chi connectivity index (χ1n) is 9.40. The number of thioether (sulfide) groups is 1. The molecule has 0 spiro atoms. The molecule has 0 saturated carbocycles. The van der Waals surface area contributed by atoms with Gasteiger partial charge in [0.1, 0.15) is 13.2 Å². The molecule has 1 saturated heterocycles. The fourth-order valence-corrected chi connectivity index (χ4v) is 4.11. The van der Waals surface area contributed by atoms with Crippen molar-refractivity contribution in [3.63, 3.8) is 0 Å². The molecule has 2 aliphatic rings. The third-order valence-electron chi connectivity index (χ3n) is 4.69. The van der Waals surface area contributed by atoms with Crippen molar-refractivity contribution in [2.24, 2.45) is 0 Å². The molecule has 0 unspecified atom stereocenters. The minimum atomic E-state index is 0.265. The van der Waals surface area contributed by atoms with Crippen LogP contribution in [-0.2, 0) is 4.79 Å². The number of carbonyl (C=O) groups excluding carboxylic acids is 1. The molecule has 0 bridgehead atoms. The largest absolute Gasteiger partial charge is 0.486 e. The van der Waals surface area contributed by atoms with E-state index >= 15 is 0 Å². The first kappa shape index (κ1) is 18.1. The van der Waals surface area contributed by atoms with Crippen LogP contribution in [0.3, 0.4) is 0 Å². The lowest BCUT2D eigenvalue weighted by atomic mass is 10.1. The van der Waals surface area contributed by atoms with E-state index < -0.39 is 0 Å². The number of nitrogens with zero attached hydrogens (tertiary/aromatic N) is 5. The standard InChI is InChI=1S/C18H23N5O3S/c24-17(22-8-2-1-3-9-22)5-4-12-27-18-19-20-21-23(18)14-6-7-15-16(13-14)26-11-10-25-15/h6-7,13H,1-5,8-12H2. The summed E-state index contributed by atoms with van der Waals surface area (Å²) in [6.07, 6.45) is 4.89. The van der Waals surface area contributed by atoms with E-state index in [1.165, 1.54) is 6.42 Å². The molecule has 0 N–H and O–H groups in total. The van der Waals surface area contributed by atoms with Gasteiger partial charge in [-0.25, -0.2) is 0 Å². The molecular formula is C18H23N5O3S. The highest BCUT2D eigenvalue weighted by molar-refractivity contribution is 7.99. The van der Waals surface area contributed by atoms with Crippen molar-refractivity contribution in [3.05, 3.63) is 18.2 Å². The second-order valence-corrected chi connectivity index (χ2v) is 7.66. The van der Waals surface area contributed by atoms with Crippen LogP contribution in [-0.4, -0.2) is 63.1 Å². The minimum Gasteiger partial charge on any atom is -0.486 e. The molecule has 1 aromatic heterocycles. The van der Waals surface area contributed by atoms with E-state index in [0.717, 1.165) is 49.5 Å². The number of likely N-dealkylation sites (tertiary alicyclic amines) is 1. The summed E-state index contributed by atoms with van der Waals surface area (Å²) >= 11 is 1.56. The number of aromatic nitrogens is 4. The van der Waals surface area contributed by atoms with Gasteiger partial charge in [0.15, 0.2) is 11.5 Å². The van der Waals surface area contributed by atoms with E-state index in [1.807, 2.05) is 23.1 Å². The molecule has 1 fully saturated rings. The molecular weight excluding hydrogens is 366 g/mol. The first-order valence-corrected chi connectivity index (χ1v) is 10.4. The maximum absolute atomic E-state index is 12.2. The number of tetrazole rings is 1. The van der Waals surface area contributed by atoms with Crippen molar-refractivity contribution in [1.29, 1.82) is 0 Å². The van der Waals surface area contributed by atoms with Gasteiger partial charge in [-0.3, -0.25) is 4.79 Å². The van der Waals surface area contributed by atoms with Gasteiger partial charge in [0.05, 0.1) is 5.69 Å². The summed E-state index contributed by atoms with van der Waals surface area (Å²) in [5.74, 6) is 2.51. The molecule has 4 rings (SSSR count). The topological polar surface area (TPSA) is 82.4 Å². The number of amides is 1. The van der Waals surface area contributed by atoms with E-state index in [2.05, 4.69) is 15.5 Å². The Morgan fingerprint density at radius 2 is 1.93 bits per heavy atom. The van der Waals surface area contributed by atoms with Crippen molar-refractivity contribution >= 4 is 17.7 Å². The minimum absolute atomic E-state index is 0.265. The summed E-state index contributed by atoms with van der Waals surface area (Å²) in [4.78, 5) is 14.2. The van der Waals surface area contributed by atoms with Crippen LogP contribution >= 0.6 is 11.8 Å². The summed E-state index contributed by atoms with van der Waals surface area (Å²) in [6.45, 7) is 2.93. The zero-order chi connectivity index (χ0) is 18.5. The lowest BCUT2D eigenvalue weighted by Gasteiger charge is -2.26. The molecule has 1 aromatic carbocycles. The van der Waals surface area contributed by atoms with E-state index in [9.17, 15) is 4.79 Å². The van der Waals surface area contributed by atoms with Gasteiger partial charge in [-0.05, 0) is 48.2 Å². The number of rotatable bonds is 6. The highest BCUT2D eigenvalue weighted by Crippen LogP contribution is 2.32. The Hall–Kier alpha value is -2.29. The third kappa shape index (κ3) is 4.35. The van der Waals surface area contributed by atoms with Crippen LogP contribution in [0.1, 0.15) is 32.1 Å². The average molecular weight is 389 g/mol. The van der Waals surface area contributed by atoms with Gasteiger partial charge in [-0.15, -0.1) is 5.10 Å². The Balaban J connectivity index is 1.32. The summed E-state index contributed by atoms with van der Waals surface area (Å²) in [7, 11) is 0. The van der Waals surface area contributed by atoms with Crippen LogP contribution in [0.4, 0.5) is 0 Å². The molecule has 0 aliphatic carbocycles. The van der Waals surface area contributed by atoms with Crippen molar-refractivity contribution in [2.75, 3.05) is 32.1 Å². The fraction of sp³-hybridized carbons (Fsp3) is 0.556. The Morgan fingerprint density at radius 3 is 2.78 bits per heavy atom. The number of benzene rings is 1. The van der Waals surface area contributed by atoms with E-state index in [-0.39, 0.29) is 5.91 Å². The van der Waals surface area contributed by atoms with Crippen molar-refractivity contribution < 1.29 is 14.3 Å². The predicted molar refractivity (Wildman–Crippen MR) is 101 cm³/mol. The van der Waals surface area contributed by atoms with E-state index in [1.54, 1.807) is 16.4 Å². The molecule has 2 aliphatic heterocycles. The van der Waals surface area contributed by atoms with Gasteiger partial charge in [0, 0.05) is 31.3 Å². The Kier molecular flexibility index (Phi) is 5.76. The molecule has 2 aromatic rings.